The van der Waals surface area contributed by atoms with E-state index in [0.29, 0.717) is 12.1 Å². The molecule has 1 aliphatic carbocycles. The molecule has 0 aromatic carbocycles. The summed E-state index contributed by atoms with van der Waals surface area (Å²) in [5, 5.41) is 0. The van der Waals surface area contributed by atoms with Gasteiger partial charge in [0.25, 0.3) is 0 Å². The van der Waals surface area contributed by atoms with Crippen molar-refractivity contribution in [1.29, 1.82) is 0 Å². The van der Waals surface area contributed by atoms with Crippen molar-refractivity contribution < 1.29 is 0 Å². The van der Waals surface area contributed by atoms with Gasteiger partial charge in [-0.05, 0) is 12.8 Å². The van der Waals surface area contributed by atoms with E-state index in [1.807, 2.05) is 0 Å². The molecule has 2 unspecified atom stereocenters. The van der Waals surface area contributed by atoms with Gasteiger partial charge >= 0.3 is 0 Å². The first-order valence-corrected chi connectivity index (χ1v) is 5.02. The van der Waals surface area contributed by atoms with Gasteiger partial charge in [0.05, 0.1) is 0 Å². The van der Waals surface area contributed by atoms with Crippen molar-refractivity contribution in [3.63, 3.8) is 0 Å². The molecule has 1 aliphatic heterocycles. The Kier molecular flexibility index (Phi) is 2.47. The van der Waals surface area contributed by atoms with Crippen LogP contribution in [0.1, 0.15) is 25.7 Å². The van der Waals surface area contributed by atoms with Crippen molar-refractivity contribution >= 4 is 0 Å². The smallest absolute Gasteiger partial charge is 0.0253 e. The highest BCUT2D eigenvalue weighted by atomic mass is 15.2. The minimum atomic E-state index is 0.429. The summed E-state index contributed by atoms with van der Waals surface area (Å²) in [6.07, 6.45) is 9.74. The number of nitrogens with zero attached hydrogens (tertiary/aromatic N) is 1. The zero-order valence-electron chi connectivity index (χ0n) is 7.58. The normalized spacial score (nSPS) is 37.4. The van der Waals surface area contributed by atoms with Gasteiger partial charge in [-0.2, -0.15) is 0 Å². The fraction of sp³-hybridized carbons (Fsp3) is 0.800. The van der Waals surface area contributed by atoms with Crippen molar-refractivity contribution in [3.05, 3.63) is 12.2 Å². The van der Waals surface area contributed by atoms with E-state index >= 15 is 0 Å². The maximum absolute atomic E-state index is 6.09. The summed E-state index contributed by atoms with van der Waals surface area (Å²) in [6.45, 7) is 2.25. The molecule has 68 valence electrons. The molecule has 2 heteroatoms. The lowest BCUT2D eigenvalue weighted by Crippen LogP contribution is -2.48. The Hall–Kier alpha value is -0.340. The third-order valence-corrected chi connectivity index (χ3v) is 3.10. The number of rotatable bonds is 1. The van der Waals surface area contributed by atoms with Gasteiger partial charge in [0.1, 0.15) is 0 Å². The molecule has 2 rings (SSSR count). The first kappa shape index (κ1) is 8.27. The topological polar surface area (TPSA) is 29.3 Å². The van der Waals surface area contributed by atoms with Crippen molar-refractivity contribution in [2.24, 2.45) is 5.73 Å². The van der Waals surface area contributed by atoms with Gasteiger partial charge in [-0.25, -0.2) is 0 Å². The standard InChI is InChI=1S/C10H18N2/c11-9-5-1-2-6-10(9)12-7-3-4-8-12/h3-4,9-10H,1-2,5-8,11H2. The van der Waals surface area contributed by atoms with E-state index in [9.17, 15) is 0 Å². The molecule has 1 saturated carbocycles. The summed E-state index contributed by atoms with van der Waals surface area (Å²) in [4.78, 5) is 2.50. The highest BCUT2D eigenvalue weighted by Crippen LogP contribution is 2.22. The van der Waals surface area contributed by atoms with E-state index in [2.05, 4.69) is 17.1 Å². The van der Waals surface area contributed by atoms with E-state index in [4.69, 9.17) is 5.73 Å². The van der Waals surface area contributed by atoms with E-state index in [0.717, 1.165) is 13.1 Å². The lowest BCUT2D eigenvalue weighted by molar-refractivity contribution is 0.175. The van der Waals surface area contributed by atoms with Crippen LogP contribution in [0.25, 0.3) is 0 Å². The van der Waals surface area contributed by atoms with Crippen molar-refractivity contribution in [2.75, 3.05) is 13.1 Å². The number of hydrogen-bond acceptors (Lipinski definition) is 2. The molecule has 12 heavy (non-hydrogen) atoms. The van der Waals surface area contributed by atoms with Crippen LogP contribution in [-0.4, -0.2) is 30.1 Å². The van der Waals surface area contributed by atoms with E-state index in [1.165, 1.54) is 25.7 Å². The Balaban J connectivity index is 1.92. The van der Waals surface area contributed by atoms with Gasteiger partial charge < -0.3 is 5.73 Å². The average molecular weight is 166 g/mol. The van der Waals surface area contributed by atoms with Crippen LogP contribution in [0, 0.1) is 0 Å². The predicted octanol–water partition coefficient (Wildman–Crippen LogP) is 1.13. The third-order valence-electron chi connectivity index (χ3n) is 3.10. The van der Waals surface area contributed by atoms with Crippen molar-refractivity contribution in [1.82, 2.24) is 4.90 Å². The minimum Gasteiger partial charge on any atom is -0.326 e. The number of hydrogen-bond donors (Lipinski definition) is 1. The lowest BCUT2D eigenvalue weighted by atomic mass is 9.90. The maximum Gasteiger partial charge on any atom is 0.0253 e. The molecule has 0 aromatic rings. The summed E-state index contributed by atoms with van der Waals surface area (Å²) in [5.74, 6) is 0. The molecule has 2 aliphatic rings. The Bertz CT molecular complexity index is 169. The van der Waals surface area contributed by atoms with Gasteiger partial charge in [-0.15, -0.1) is 0 Å². The molecule has 2 N–H and O–H groups in total. The molecule has 0 bridgehead atoms. The van der Waals surface area contributed by atoms with Gasteiger partial charge in [0.2, 0.25) is 0 Å². The summed E-state index contributed by atoms with van der Waals surface area (Å²) in [7, 11) is 0. The molecule has 0 amide bonds. The van der Waals surface area contributed by atoms with Crippen LogP contribution in [-0.2, 0) is 0 Å². The zero-order chi connectivity index (χ0) is 8.39. The highest BCUT2D eigenvalue weighted by Gasteiger charge is 2.27. The SMILES string of the molecule is NC1CCCCC1N1CC=CC1. The number of nitrogens with two attached hydrogens (primary N) is 1. The highest BCUT2D eigenvalue weighted by molar-refractivity contribution is 5.00. The van der Waals surface area contributed by atoms with Crippen LogP contribution < -0.4 is 5.73 Å². The quantitative estimate of drug-likeness (QED) is 0.592. The molecule has 0 aromatic heterocycles. The predicted molar refractivity (Wildman–Crippen MR) is 50.9 cm³/mol. The molecule has 0 saturated heterocycles. The summed E-state index contributed by atoms with van der Waals surface area (Å²) < 4.78 is 0. The minimum absolute atomic E-state index is 0.429. The molecule has 1 fully saturated rings. The molecular formula is C10H18N2. The Morgan fingerprint density at radius 2 is 1.75 bits per heavy atom. The van der Waals surface area contributed by atoms with Gasteiger partial charge in [-0.1, -0.05) is 25.0 Å². The van der Waals surface area contributed by atoms with Crippen LogP contribution in [0.5, 0.6) is 0 Å². The van der Waals surface area contributed by atoms with Crippen LogP contribution >= 0.6 is 0 Å². The average Bonchev–Trinajstić information content (AvgIpc) is 2.57. The van der Waals surface area contributed by atoms with Crippen LogP contribution in [0.2, 0.25) is 0 Å². The second kappa shape index (κ2) is 3.58. The third kappa shape index (κ3) is 1.54. The monoisotopic (exact) mass is 166 g/mol. The molecule has 0 radical (unpaired) electrons. The van der Waals surface area contributed by atoms with Crippen LogP contribution in [0.3, 0.4) is 0 Å². The molecule has 2 nitrogen and oxygen atoms in total. The molecule has 1 heterocycles. The van der Waals surface area contributed by atoms with Gasteiger partial charge in [0, 0.05) is 25.2 Å². The summed E-state index contributed by atoms with van der Waals surface area (Å²) >= 11 is 0. The molecular weight excluding hydrogens is 148 g/mol. The van der Waals surface area contributed by atoms with Crippen LogP contribution in [0.15, 0.2) is 12.2 Å². The first-order chi connectivity index (χ1) is 5.88. The Morgan fingerprint density at radius 3 is 2.42 bits per heavy atom. The Labute approximate surface area is 74.4 Å². The maximum atomic E-state index is 6.09. The van der Waals surface area contributed by atoms with Gasteiger partial charge in [-0.3, -0.25) is 4.90 Å². The molecule has 2 atom stereocenters. The largest absolute Gasteiger partial charge is 0.326 e. The zero-order valence-corrected chi connectivity index (χ0v) is 7.58. The van der Waals surface area contributed by atoms with Gasteiger partial charge in [0.15, 0.2) is 0 Å². The first-order valence-electron chi connectivity index (χ1n) is 5.02. The van der Waals surface area contributed by atoms with E-state index < -0.39 is 0 Å². The van der Waals surface area contributed by atoms with E-state index in [1.54, 1.807) is 0 Å². The summed E-state index contributed by atoms with van der Waals surface area (Å²) in [6, 6.07) is 1.09. The fourth-order valence-electron chi connectivity index (χ4n) is 2.36. The second-order valence-corrected chi connectivity index (χ2v) is 3.94. The summed E-state index contributed by atoms with van der Waals surface area (Å²) in [5.41, 5.74) is 6.09. The van der Waals surface area contributed by atoms with Crippen LogP contribution in [0.4, 0.5) is 0 Å². The Morgan fingerprint density at radius 1 is 1.08 bits per heavy atom. The molecule has 0 spiro atoms. The fourth-order valence-corrected chi connectivity index (χ4v) is 2.36. The van der Waals surface area contributed by atoms with E-state index in [-0.39, 0.29) is 0 Å². The second-order valence-electron chi connectivity index (χ2n) is 3.94. The van der Waals surface area contributed by atoms with Crippen molar-refractivity contribution in [2.45, 2.75) is 37.8 Å². The van der Waals surface area contributed by atoms with Crippen molar-refractivity contribution in [3.8, 4) is 0 Å². The lowest BCUT2D eigenvalue weighted by Gasteiger charge is -2.35.